The molecule has 0 unspecified atom stereocenters. The van der Waals surface area contributed by atoms with Crippen LogP contribution in [0.25, 0.3) is 0 Å². The van der Waals surface area contributed by atoms with E-state index in [1.165, 1.54) is 0 Å². The van der Waals surface area contributed by atoms with Gasteiger partial charge in [-0.2, -0.15) is 0 Å². The molecule has 0 saturated heterocycles. The van der Waals surface area contributed by atoms with Gasteiger partial charge in [0.25, 0.3) is 0 Å². The average molecular weight is 463 g/mol. The molecule has 0 spiro atoms. The zero-order valence-corrected chi connectivity index (χ0v) is 20.0. The normalized spacial score (nSPS) is 12.6. The SMILES string of the molecule is CC[C@H](C)NC(=O)[C@@H](Cc1ccccc1)N(Cc1ccc(Cl)cc1)C(=O)Cc1ccccc1. The van der Waals surface area contributed by atoms with Crippen LogP contribution < -0.4 is 5.32 Å². The molecule has 2 amide bonds. The van der Waals surface area contributed by atoms with Crippen LogP contribution in [0.3, 0.4) is 0 Å². The number of amides is 2. The molecule has 0 bridgehead atoms. The predicted octanol–water partition coefficient (Wildman–Crippen LogP) is 5.44. The minimum atomic E-state index is -0.631. The molecule has 4 nitrogen and oxygen atoms in total. The molecule has 172 valence electrons. The Morgan fingerprint density at radius 2 is 1.42 bits per heavy atom. The molecule has 3 aromatic carbocycles. The Bertz CT molecular complexity index is 1020. The summed E-state index contributed by atoms with van der Waals surface area (Å²) in [4.78, 5) is 28.7. The summed E-state index contributed by atoms with van der Waals surface area (Å²) in [6, 6.07) is 26.3. The first-order chi connectivity index (χ1) is 16.0. The van der Waals surface area contributed by atoms with Crippen LogP contribution in [0, 0.1) is 0 Å². The number of hydrogen-bond acceptors (Lipinski definition) is 2. The van der Waals surface area contributed by atoms with E-state index in [1.807, 2.05) is 98.8 Å². The third-order valence-corrected chi connectivity index (χ3v) is 5.99. The topological polar surface area (TPSA) is 49.4 Å². The molecule has 33 heavy (non-hydrogen) atoms. The summed E-state index contributed by atoms with van der Waals surface area (Å²) in [5, 5.41) is 3.73. The van der Waals surface area contributed by atoms with Crippen LogP contribution in [-0.2, 0) is 29.0 Å². The smallest absolute Gasteiger partial charge is 0.243 e. The summed E-state index contributed by atoms with van der Waals surface area (Å²) in [7, 11) is 0. The Balaban J connectivity index is 1.95. The number of hydrogen-bond donors (Lipinski definition) is 1. The van der Waals surface area contributed by atoms with Crippen molar-refractivity contribution in [3.63, 3.8) is 0 Å². The molecule has 0 aromatic heterocycles. The molecule has 0 aliphatic rings. The Labute approximate surface area is 201 Å². The van der Waals surface area contributed by atoms with Crippen molar-refractivity contribution in [2.24, 2.45) is 0 Å². The maximum Gasteiger partial charge on any atom is 0.243 e. The zero-order valence-electron chi connectivity index (χ0n) is 19.2. The monoisotopic (exact) mass is 462 g/mol. The molecule has 3 aromatic rings. The molecule has 3 rings (SSSR count). The Morgan fingerprint density at radius 1 is 0.848 bits per heavy atom. The highest BCUT2D eigenvalue weighted by Crippen LogP contribution is 2.18. The number of benzene rings is 3. The van der Waals surface area contributed by atoms with Gasteiger partial charge in [-0.1, -0.05) is 91.3 Å². The first kappa shape index (κ1) is 24.5. The van der Waals surface area contributed by atoms with E-state index in [4.69, 9.17) is 11.6 Å². The number of halogens is 1. The number of carbonyl (C=O) groups is 2. The highest BCUT2D eigenvalue weighted by atomic mass is 35.5. The number of carbonyl (C=O) groups excluding carboxylic acids is 2. The van der Waals surface area contributed by atoms with Crippen LogP contribution >= 0.6 is 11.6 Å². The molecule has 0 aliphatic heterocycles. The van der Waals surface area contributed by atoms with Crippen molar-refractivity contribution in [2.75, 3.05) is 0 Å². The average Bonchev–Trinajstić information content (AvgIpc) is 2.83. The van der Waals surface area contributed by atoms with Gasteiger partial charge in [-0.3, -0.25) is 9.59 Å². The lowest BCUT2D eigenvalue weighted by Crippen LogP contribution is -2.52. The summed E-state index contributed by atoms with van der Waals surface area (Å²) in [6.45, 7) is 4.34. The molecule has 2 atom stereocenters. The van der Waals surface area contributed by atoms with E-state index >= 15 is 0 Å². The maximum absolute atomic E-state index is 13.6. The third kappa shape index (κ3) is 7.47. The summed E-state index contributed by atoms with van der Waals surface area (Å²) in [5.41, 5.74) is 2.86. The van der Waals surface area contributed by atoms with Crippen LogP contribution in [0.4, 0.5) is 0 Å². The fourth-order valence-electron chi connectivity index (χ4n) is 3.65. The first-order valence-electron chi connectivity index (χ1n) is 11.4. The molecule has 0 heterocycles. The van der Waals surface area contributed by atoms with Crippen molar-refractivity contribution in [3.05, 3.63) is 107 Å². The van der Waals surface area contributed by atoms with Gasteiger partial charge in [-0.15, -0.1) is 0 Å². The van der Waals surface area contributed by atoms with E-state index in [0.29, 0.717) is 18.0 Å². The lowest BCUT2D eigenvalue weighted by molar-refractivity contribution is -0.141. The van der Waals surface area contributed by atoms with Gasteiger partial charge in [0.15, 0.2) is 0 Å². The van der Waals surface area contributed by atoms with Crippen LogP contribution in [0.15, 0.2) is 84.9 Å². The second-order valence-corrected chi connectivity index (χ2v) is 8.77. The molecule has 1 N–H and O–H groups in total. The summed E-state index contributed by atoms with van der Waals surface area (Å²) < 4.78 is 0. The van der Waals surface area contributed by atoms with Crippen molar-refractivity contribution < 1.29 is 9.59 Å². The standard InChI is InChI=1S/C28H31ClN2O2/c1-3-21(2)30-28(33)26(18-22-10-6-4-7-11-22)31(20-24-14-16-25(29)17-15-24)27(32)19-23-12-8-5-9-13-23/h4-17,21,26H,3,18-20H2,1-2H3,(H,30,33)/t21-,26+/m0/s1. The minimum absolute atomic E-state index is 0.0254. The van der Waals surface area contributed by atoms with Gasteiger partial charge in [-0.25, -0.2) is 0 Å². The number of rotatable bonds is 10. The predicted molar refractivity (Wildman–Crippen MR) is 134 cm³/mol. The summed E-state index contributed by atoms with van der Waals surface area (Å²) in [5.74, 6) is -0.222. The molecular weight excluding hydrogens is 432 g/mol. The Hall–Kier alpha value is -3.11. The molecule has 0 radical (unpaired) electrons. The van der Waals surface area contributed by atoms with Gasteiger partial charge in [0.2, 0.25) is 11.8 Å². The van der Waals surface area contributed by atoms with Crippen molar-refractivity contribution in [1.29, 1.82) is 0 Å². The zero-order chi connectivity index (χ0) is 23.6. The fourth-order valence-corrected chi connectivity index (χ4v) is 3.78. The van der Waals surface area contributed by atoms with Crippen LogP contribution in [0.2, 0.25) is 5.02 Å². The second-order valence-electron chi connectivity index (χ2n) is 8.33. The van der Waals surface area contributed by atoms with Crippen LogP contribution in [0.1, 0.15) is 37.0 Å². The van der Waals surface area contributed by atoms with Crippen LogP contribution in [-0.4, -0.2) is 28.8 Å². The van der Waals surface area contributed by atoms with E-state index in [-0.39, 0.29) is 24.3 Å². The van der Waals surface area contributed by atoms with E-state index in [0.717, 1.165) is 23.1 Å². The van der Waals surface area contributed by atoms with E-state index < -0.39 is 6.04 Å². The lowest BCUT2D eigenvalue weighted by atomic mass is 10.0. The Kier molecular flexibility index (Phi) is 9.08. The van der Waals surface area contributed by atoms with Gasteiger partial charge in [0, 0.05) is 24.0 Å². The lowest BCUT2D eigenvalue weighted by Gasteiger charge is -2.32. The van der Waals surface area contributed by atoms with Crippen LogP contribution in [0.5, 0.6) is 0 Å². The Morgan fingerprint density at radius 3 is 2.00 bits per heavy atom. The summed E-state index contributed by atoms with van der Waals surface area (Å²) >= 11 is 6.07. The maximum atomic E-state index is 13.6. The third-order valence-electron chi connectivity index (χ3n) is 5.74. The molecule has 0 fully saturated rings. The van der Waals surface area contributed by atoms with Gasteiger partial charge in [0.1, 0.15) is 6.04 Å². The van der Waals surface area contributed by atoms with Crippen molar-refractivity contribution in [2.45, 2.75) is 51.7 Å². The van der Waals surface area contributed by atoms with E-state index in [9.17, 15) is 9.59 Å². The minimum Gasteiger partial charge on any atom is -0.352 e. The number of nitrogens with one attached hydrogen (secondary N) is 1. The van der Waals surface area contributed by atoms with E-state index in [1.54, 1.807) is 4.90 Å². The second kappa shape index (κ2) is 12.2. The highest BCUT2D eigenvalue weighted by molar-refractivity contribution is 6.30. The highest BCUT2D eigenvalue weighted by Gasteiger charge is 2.30. The number of nitrogens with zero attached hydrogens (tertiary/aromatic N) is 1. The summed E-state index contributed by atoms with van der Waals surface area (Å²) in [6.07, 6.45) is 1.49. The van der Waals surface area contributed by atoms with Gasteiger partial charge < -0.3 is 10.2 Å². The first-order valence-corrected chi connectivity index (χ1v) is 11.8. The van der Waals surface area contributed by atoms with Gasteiger partial charge in [-0.05, 0) is 42.2 Å². The molecule has 0 saturated carbocycles. The fraction of sp³-hybridized carbons (Fsp3) is 0.286. The largest absolute Gasteiger partial charge is 0.352 e. The van der Waals surface area contributed by atoms with Gasteiger partial charge in [0.05, 0.1) is 6.42 Å². The van der Waals surface area contributed by atoms with E-state index in [2.05, 4.69) is 5.32 Å². The molecule has 0 aliphatic carbocycles. The van der Waals surface area contributed by atoms with Crippen molar-refractivity contribution in [3.8, 4) is 0 Å². The quantitative estimate of drug-likeness (QED) is 0.436. The molecular formula is C28H31ClN2O2. The van der Waals surface area contributed by atoms with Crippen molar-refractivity contribution >= 4 is 23.4 Å². The van der Waals surface area contributed by atoms with Gasteiger partial charge >= 0.3 is 0 Å². The molecule has 5 heteroatoms. The van der Waals surface area contributed by atoms with Crippen molar-refractivity contribution in [1.82, 2.24) is 10.2 Å².